The summed E-state index contributed by atoms with van der Waals surface area (Å²) in [6, 6.07) is 6.72. The van der Waals surface area contributed by atoms with Crippen LogP contribution in [-0.2, 0) is 6.54 Å². The second-order valence-electron chi connectivity index (χ2n) is 3.73. The van der Waals surface area contributed by atoms with Crippen molar-refractivity contribution in [2.75, 3.05) is 0 Å². The number of nitrogens with zero attached hydrogens (tertiary/aromatic N) is 1. The van der Waals surface area contributed by atoms with Crippen LogP contribution in [0.1, 0.15) is 24.2 Å². The molecule has 1 heterocycles. The van der Waals surface area contributed by atoms with E-state index in [-0.39, 0.29) is 11.9 Å². The predicted octanol–water partition coefficient (Wildman–Crippen LogP) is 2.40. The summed E-state index contributed by atoms with van der Waals surface area (Å²) in [5.41, 5.74) is 2.11. The van der Waals surface area contributed by atoms with Gasteiger partial charge in [0.15, 0.2) is 0 Å². The third-order valence-corrected chi connectivity index (χ3v) is 2.52. The van der Waals surface area contributed by atoms with E-state index in [0.29, 0.717) is 0 Å². The number of imidazole rings is 1. The van der Waals surface area contributed by atoms with E-state index in [1.165, 1.54) is 12.1 Å². The van der Waals surface area contributed by atoms with Gasteiger partial charge in [-0.05, 0) is 24.6 Å². The van der Waals surface area contributed by atoms with Crippen LogP contribution in [0.15, 0.2) is 36.8 Å². The molecular formula is C12H14FN3. The summed E-state index contributed by atoms with van der Waals surface area (Å²) in [6.45, 7) is 2.77. The lowest BCUT2D eigenvalue weighted by Crippen LogP contribution is -2.18. The highest BCUT2D eigenvalue weighted by molar-refractivity contribution is 5.19. The van der Waals surface area contributed by atoms with Gasteiger partial charge in [-0.1, -0.05) is 12.1 Å². The zero-order valence-electron chi connectivity index (χ0n) is 9.07. The van der Waals surface area contributed by atoms with Gasteiger partial charge in [-0.25, -0.2) is 9.37 Å². The van der Waals surface area contributed by atoms with E-state index in [9.17, 15) is 4.39 Å². The number of nitrogens with one attached hydrogen (secondary N) is 2. The quantitative estimate of drug-likeness (QED) is 0.829. The van der Waals surface area contributed by atoms with E-state index in [1.807, 2.05) is 6.92 Å². The van der Waals surface area contributed by atoms with E-state index < -0.39 is 0 Å². The molecule has 3 nitrogen and oxygen atoms in total. The molecule has 1 aromatic carbocycles. The van der Waals surface area contributed by atoms with Crippen LogP contribution < -0.4 is 5.32 Å². The fraction of sp³-hybridized carbons (Fsp3) is 0.250. The molecule has 1 atom stereocenters. The van der Waals surface area contributed by atoms with Crippen molar-refractivity contribution < 1.29 is 4.39 Å². The Hall–Kier alpha value is -1.68. The molecule has 0 radical (unpaired) electrons. The molecule has 2 N–H and O–H groups in total. The Morgan fingerprint density at radius 2 is 2.12 bits per heavy atom. The fourth-order valence-corrected chi connectivity index (χ4v) is 1.51. The van der Waals surface area contributed by atoms with Crippen LogP contribution in [-0.4, -0.2) is 9.97 Å². The molecular weight excluding hydrogens is 205 g/mol. The average molecular weight is 219 g/mol. The Balaban J connectivity index is 1.93. The molecule has 0 spiro atoms. The first kappa shape index (κ1) is 10.8. The molecule has 1 aromatic heterocycles. The molecule has 2 aromatic rings. The fourth-order valence-electron chi connectivity index (χ4n) is 1.51. The van der Waals surface area contributed by atoms with Crippen molar-refractivity contribution in [3.05, 3.63) is 53.9 Å². The van der Waals surface area contributed by atoms with Crippen molar-refractivity contribution in [3.8, 4) is 0 Å². The van der Waals surface area contributed by atoms with Gasteiger partial charge in [0.05, 0.1) is 6.33 Å². The minimum absolute atomic E-state index is 0.184. The first-order valence-electron chi connectivity index (χ1n) is 5.22. The molecule has 0 saturated heterocycles. The number of benzene rings is 1. The Bertz CT molecular complexity index is 422. The number of rotatable bonds is 4. The number of aromatic nitrogens is 2. The smallest absolute Gasteiger partial charge is 0.123 e. The maximum Gasteiger partial charge on any atom is 0.123 e. The number of aromatic amines is 1. The normalized spacial score (nSPS) is 12.6. The Kier molecular flexibility index (Phi) is 3.31. The van der Waals surface area contributed by atoms with Crippen molar-refractivity contribution in [1.29, 1.82) is 0 Å². The summed E-state index contributed by atoms with van der Waals surface area (Å²) in [5, 5.41) is 3.33. The molecule has 0 amide bonds. The van der Waals surface area contributed by atoms with Gasteiger partial charge < -0.3 is 10.3 Å². The number of halogens is 1. The van der Waals surface area contributed by atoms with Gasteiger partial charge in [0.1, 0.15) is 5.82 Å². The van der Waals surface area contributed by atoms with Gasteiger partial charge in [0.25, 0.3) is 0 Å². The SMILES string of the molecule is C[C@H](NCc1cnc[nH]1)c1ccc(F)cc1. The Labute approximate surface area is 93.7 Å². The van der Waals surface area contributed by atoms with Crippen molar-refractivity contribution >= 4 is 0 Å². The van der Waals surface area contributed by atoms with Crippen LogP contribution in [0.25, 0.3) is 0 Å². The zero-order valence-corrected chi connectivity index (χ0v) is 9.07. The lowest BCUT2D eigenvalue weighted by Gasteiger charge is -2.13. The first-order chi connectivity index (χ1) is 7.75. The van der Waals surface area contributed by atoms with Crippen LogP contribution in [0.5, 0.6) is 0 Å². The molecule has 0 bridgehead atoms. The summed E-state index contributed by atoms with van der Waals surface area (Å²) in [4.78, 5) is 6.96. The van der Waals surface area contributed by atoms with Crippen molar-refractivity contribution in [2.24, 2.45) is 0 Å². The van der Waals surface area contributed by atoms with E-state index in [1.54, 1.807) is 24.7 Å². The third kappa shape index (κ3) is 2.67. The molecule has 0 aliphatic heterocycles. The molecule has 0 aliphatic carbocycles. The monoisotopic (exact) mass is 219 g/mol. The number of H-pyrrole nitrogens is 1. The maximum absolute atomic E-state index is 12.7. The minimum atomic E-state index is -0.204. The van der Waals surface area contributed by atoms with E-state index in [0.717, 1.165) is 17.8 Å². The standard InChI is InChI=1S/C12H14FN3/c1-9(10-2-4-11(13)5-3-10)15-7-12-6-14-8-16-12/h2-6,8-9,15H,7H2,1H3,(H,14,16)/t9-/m0/s1. The molecule has 16 heavy (non-hydrogen) atoms. The first-order valence-corrected chi connectivity index (χ1v) is 5.22. The molecule has 84 valence electrons. The predicted molar refractivity (Wildman–Crippen MR) is 60.2 cm³/mol. The summed E-state index contributed by atoms with van der Waals surface area (Å²) in [6.07, 6.45) is 3.43. The van der Waals surface area contributed by atoms with E-state index in [2.05, 4.69) is 15.3 Å². The van der Waals surface area contributed by atoms with Gasteiger partial charge in [0, 0.05) is 24.5 Å². The second-order valence-corrected chi connectivity index (χ2v) is 3.73. The Morgan fingerprint density at radius 3 is 2.75 bits per heavy atom. The molecule has 0 saturated carbocycles. The number of hydrogen-bond donors (Lipinski definition) is 2. The zero-order chi connectivity index (χ0) is 11.4. The molecule has 0 unspecified atom stereocenters. The van der Waals surface area contributed by atoms with Gasteiger partial charge in [-0.3, -0.25) is 0 Å². The average Bonchev–Trinajstić information content (AvgIpc) is 2.80. The lowest BCUT2D eigenvalue weighted by atomic mass is 10.1. The van der Waals surface area contributed by atoms with Crippen molar-refractivity contribution in [2.45, 2.75) is 19.5 Å². The Morgan fingerprint density at radius 1 is 1.38 bits per heavy atom. The van der Waals surface area contributed by atoms with Crippen molar-refractivity contribution in [3.63, 3.8) is 0 Å². The van der Waals surface area contributed by atoms with Gasteiger partial charge >= 0.3 is 0 Å². The van der Waals surface area contributed by atoms with Crippen LogP contribution in [0, 0.1) is 5.82 Å². The minimum Gasteiger partial charge on any atom is -0.347 e. The van der Waals surface area contributed by atoms with Gasteiger partial charge in [0.2, 0.25) is 0 Å². The van der Waals surface area contributed by atoms with Gasteiger partial charge in [-0.2, -0.15) is 0 Å². The van der Waals surface area contributed by atoms with Crippen LogP contribution in [0.2, 0.25) is 0 Å². The molecule has 0 fully saturated rings. The number of hydrogen-bond acceptors (Lipinski definition) is 2. The van der Waals surface area contributed by atoms with Gasteiger partial charge in [-0.15, -0.1) is 0 Å². The largest absolute Gasteiger partial charge is 0.347 e. The highest BCUT2D eigenvalue weighted by Gasteiger charge is 2.04. The van der Waals surface area contributed by atoms with E-state index >= 15 is 0 Å². The summed E-state index contributed by atoms with van der Waals surface area (Å²) >= 11 is 0. The van der Waals surface area contributed by atoms with E-state index in [4.69, 9.17) is 0 Å². The van der Waals surface area contributed by atoms with Crippen molar-refractivity contribution in [1.82, 2.24) is 15.3 Å². The summed E-state index contributed by atoms with van der Waals surface area (Å²) < 4.78 is 12.7. The maximum atomic E-state index is 12.7. The summed E-state index contributed by atoms with van der Waals surface area (Å²) in [7, 11) is 0. The third-order valence-electron chi connectivity index (χ3n) is 2.52. The lowest BCUT2D eigenvalue weighted by molar-refractivity contribution is 0.566. The van der Waals surface area contributed by atoms with Crippen LogP contribution in [0.3, 0.4) is 0 Å². The second kappa shape index (κ2) is 4.90. The highest BCUT2D eigenvalue weighted by Crippen LogP contribution is 2.13. The molecule has 0 aliphatic rings. The molecule has 2 rings (SSSR count). The van der Waals surface area contributed by atoms with Crippen LogP contribution >= 0.6 is 0 Å². The molecule has 4 heteroatoms. The summed E-state index contributed by atoms with van der Waals surface area (Å²) in [5.74, 6) is -0.204. The highest BCUT2D eigenvalue weighted by atomic mass is 19.1. The topological polar surface area (TPSA) is 40.7 Å². The van der Waals surface area contributed by atoms with Crippen LogP contribution in [0.4, 0.5) is 4.39 Å².